The minimum absolute atomic E-state index is 0.0277. The lowest BCUT2D eigenvalue weighted by molar-refractivity contribution is -0.274. The third-order valence-corrected chi connectivity index (χ3v) is 5.10. The van der Waals surface area contributed by atoms with Gasteiger partial charge in [-0.05, 0) is 41.8 Å². The molecule has 0 saturated carbocycles. The monoisotopic (exact) mass is 458 g/mol. The van der Waals surface area contributed by atoms with Crippen LogP contribution in [-0.4, -0.2) is 52.1 Å². The number of hydrogen-bond donors (Lipinski definition) is 0. The van der Waals surface area contributed by atoms with Gasteiger partial charge in [-0.1, -0.05) is 23.4 Å². The molecule has 12 heteroatoms. The van der Waals surface area contributed by atoms with Gasteiger partial charge in [0.2, 0.25) is 0 Å². The third kappa shape index (κ3) is 5.01. The van der Waals surface area contributed by atoms with Crippen molar-refractivity contribution in [1.82, 2.24) is 19.9 Å². The maximum absolute atomic E-state index is 13.0. The number of benzene rings is 2. The van der Waals surface area contributed by atoms with E-state index in [4.69, 9.17) is 0 Å². The molecule has 0 N–H and O–H groups in total. The quantitative estimate of drug-likeness (QED) is 0.550. The lowest BCUT2D eigenvalue weighted by atomic mass is 10.0. The van der Waals surface area contributed by atoms with E-state index in [-0.39, 0.29) is 24.2 Å². The molecule has 2 aromatic carbocycles. The number of rotatable bonds is 4. The molecule has 1 aromatic heterocycles. The van der Waals surface area contributed by atoms with Crippen molar-refractivity contribution in [3.63, 3.8) is 0 Å². The maximum Gasteiger partial charge on any atom is 0.573 e. The highest BCUT2D eigenvalue weighted by atomic mass is 19.4. The van der Waals surface area contributed by atoms with E-state index in [1.54, 1.807) is 12.1 Å². The molecule has 3 aromatic rings. The second-order valence-corrected chi connectivity index (χ2v) is 7.44. The van der Waals surface area contributed by atoms with Gasteiger partial charge < -0.3 is 4.74 Å². The van der Waals surface area contributed by atoms with Crippen LogP contribution in [0, 0.1) is 0 Å². The largest absolute Gasteiger partial charge is 0.573 e. The predicted molar refractivity (Wildman–Crippen MR) is 102 cm³/mol. The van der Waals surface area contributed by atoms with Crippen LogP contribution in [0.5, 0.6) is 5.75 Å². The molecule has 0 aliphatic carbocycles. The topological polar surface area (TPSA) is 60.2 Å². The van der Waals surface area contributed by atoms with E-state index in [0.29, 0.717) is 23.1 Å². The van der Waals surface area contributed by atoms with Crippen LogP contribution < -0.4 is 10.3 Å². The molecule has 32 heavy (non-hydrogen) atoms. The molecule has 1 fully saturated rings. The Labute approximate surface area is 177 Å². The molecular weight excluding hydrogens is 442 g/mol. The zero-order chi connectivity index (χ0) is 23.1. The first kappa shape index (κ1) is 22.1. The first-order valence-electron chi connectivity index (χ1n) is 9.53. The van der Waals surface area contributed by atoms with Gasteiger partial charge in [-0.3, -0.25) is 9.69 Å². The average molecular weight is 458 g/mol. The van der Waals surface area contributed by atoms with Crippen LogP contribution in [0.3, 0.4) is 0 Å². The summed E-state index contributed by atoms with van der Waals surface area (Å²) in [5.41, 5.74) is 0.907. The van der Waals surface area contributed by atoms with Crippen LogP contribution in [0.25, 0.3) is 22.0 Å². The minimum atomic E-state index is -4.80. The van der Waals surface area contributed by atoms with E-state index in [1.807, 2.05) is 0 Å². The molecular formula is C20H16F6N4O2. The molecule has 1 aliphatic rings. The Morgan fingerprint density at radius 1 is 1.00 bits per heavy atom. The fraction of sp³-hybridized carbons (Fsp3) is 0.350. The van der Waals surface area contributed by atoms with Crippen molar-refractivity contribution in [3.8, 4) is 16.9 Å². The summed E-state index contributed by atoms with van der Waals surface area (Å²) in [6.45, 7) is -0.847. The first-order valence-corrected chi connectivity index (χ1v) is 9.53. The summed E-state index contributed by atoms with van der Waals surface area (Å²) in [7, 11) is 0. The Morgan fingerprint density at radius 2 is 1.69 bits per heavy atom. The number of hydrogen-bond acceptors (Lipinski definition) is 5. The van der Waals surface area contributed by atoms with E-state index < -0.39 is 30.7 Å². The molecule has 1 atom stereocenters. The Bertz CT molecular complexity index is 1170. The summed E-state index contributed by atoms with van der Waals surface area (Å²) in [5.74, 6) is -0.375. The average Bonchev–Trinajstić information content (AvgIpc) is 3.14. The van der Waals surface area contributed by atoms with Crippen LogP contribution in [0.15, 0.2) is 47.3 Å². The first-order chi connectivity index (χ1) is 15.0. The van der Waals surface area contributed by atoms with Crippen molar-refractivity contribution >= 4 is 10.9 Å². The van der Waals surface area contributed by atoms with Gasteiger partial charge in [0.05, 0.1) is 18.0 Å². The van der Waals surface area contributed by atoms with Crippen LogP contribution >= 0.6 is 0 Å². The van der Waals surface area contributed by atoms with Gasteiger partial charge in [0.1, 0.15) is 11.3 Å². The van der Waals surface area contributed by atoms with Crippen molar-refractivity contribution in [2.75, 3.05) is 19.6 Å². The number of nitrogens with zero attached hydrogens (tertiary/aromatic N) is 4. The van der Waals surface area contributed by atoms with Crippen molar-refractivity contribution in [1.29, 1.82) is 0 Å². The van der Waals surface area contributed by atoms with E-state index >= 15 is 0 Å². The molecule has 6 nitrogen and oxygen atoms in total. The van der Waals surface area contributed by atoms with Crippen LogP contribution in [0.1, 0.15) is 12.5 Å². The molecule has 1 saturated heterocycles. The number of halogens is 6. The Kier molecular flexibility index (Phi) is 5.57. The van der Waals surface area contributed by atoms with E-state index in [0.717, 1.165) is 16.8 Å². The van der Waals surface area contributed by atoms with Gasteiger partial charge in [-0.2, -0.15) is 13.2 Å². The third-order valence-electron chi connectivity index (χ3n) is 5.10. The SMILES string of the molecule is O=c1c2cc(-c3ccc(OC(F)(F)F)cc3)ccc2nnn1C1CCN(CC(F)(F)F)C1. The Hall–Kier alpha value is -3.15. The summed E-state index contributed by atoms with van der Waals surface area (Å²) in [5, 5.41) is 8.10. The lowest BCUT2D eigenvalue weighted by Gasteiger charge is -2.18. The number of aromatic nitrogens is 3. The molecule has 0 amide bonds. The van der Waals surface area contributed by atoms with Gasteiger partial charge in [0, 0.05) is 13.1 Å². The van der Waals surface area contributed by atoms with Gasteiger partial charge >= 0.3 is 12.5 Å². The van der Waals surface area contributed by atoms with Crippen LogP contribution in [0.2, 0.25) is 0 Å². The lowest BCUT2D eigenvalue weighted by Crippen LogP contribution is -2.34. The van der Waals surface area contributed by atoms with Gasteiger partial charge in [0.15, 0.2) is 0 Å². The highest BCUT2D eigenvalue weighted by molar-refractivity contribution is 5.83. The van der Waals surface area contributed by atoms with Crippen molar-refractivity contribution in [2.24, 2.45) is 0 Å². The van der Waals surface area contributed by atoms with Crippen LogP contribution in [-0.2, 0) is 0 Å². The standard InChI is InChI=1S/C20H16F6N4O2/c21-19(22,23)11-29-8-7-14(10-29)30-18(31)16-9-13(3-6-17(16)27-28-30)12-1-4-15(5-2-12)32-20(24,25)26/h1-6,9,14H,7-8,10-11H2. The zero-order valence-electron chi connectivity index (χ0n) is 16.3. The molecule has 4 rings (SSSR count). The van der Waals surface area contributed by atoms with Gasteiger partial charge in [-0.15, -0.1) is 18.3 Å². The van der Waals surface area contributed by atoms with Crippen LogP contribution in [0.4, 0.5) is 26.3 Å². The van der Waals surface area contributed by atoms with E-state index in [9.17, 15) is 31.1 Å². The summed E-state index contributed by atoms with van der Waals surface area (Å²) >= 11 is 0. The molecule has 0 bridgehead atoms. The van der Waals surface area contributed by atoms with E-state index in [2.05, 4.69) is 15.0 Å². The second kappa shape index (κ2) is 8.08. The fourth-order valence-electron chi connectivity index (χ4n) is 3.73. The number of likely N-dealkylation sites (tertiary alicyclic amines) is 1. The number of alkyl halides is 6. The number of fused-ring (bicyclic) bond motifs is 1. The normalized spacial score (nSPS) is 17.8. The zero-order valence-corrected chi connectivity index (χ0v) is 16.3. The van der Waals surface area contributed by atoms with E-state index in [1.165, 1.54) is 23.1 Å². The molecule has 0 radical (unpaired) electrons. The maximum atomic E-state index is 13.0. The van der Waals surface area contributed by atoms with Gasteiger partial charge in [-0.25, -0.2) is 4.68 Å². The molecule has 1 unspecified atom stereocenters. The summed E-state index contributed by atoms with van der Waals surface area (Å²) in [6.07, 6.45) is -8.80. The molecule has 1 aliphatic heterocycles. The van der Waals surface area contributed by atoms with Crippen molar-refractivity contribution in [2.45, 2.75) is 25.0 Å². The summed E-state index contributed by atoms with van der Waals surface area (Å²) in [6, 6.07) is 9.33. The van der Waals surface area contributed by atoms with Gasteiger partial charge in [0.25, 0.3) is 5.56 Å². The molecule has 0 spiro atoms. The highest BCUT2D eigenvalue weighted by Crippen LogP contribution is 2.28. The number of ether oxygens (including phenoxy) is 1. The summed E-state index contributed by atoms with van der Waals surface area (Å²) in [4.78, 5) is 14.2. The minimum Gasteiger partial charge on any atom is -0.406 e. The summed E-state index contributed by atoms with van der Waals surface area (Å²) < 4.78 is 79.8. The second-order valence-electron chi connectivity index (χ2n) is 7.44. The predicted octanol–water partition coefficient (Wildman–Crippen LogP) is 4.17. The molecule has 2 heterocycles. The fourth-order valence-corrected chi connectivity index (χ4v) is 3.73. The smallest absolute Gasteiger partial charge is 0.406 e. The Morgan fingerprint density at radius 3 is 2.34 bits per heavy atom. The van der Waals surface area contributed by atoms with Crippen molar-refractivity contribution < 1.29 is 31.1 Å². The van der Waals surface area contributed by atoms with Crippen molar-refractivity contribution in [3.05, 3.63) is 52.8 Å². The Balaban J connectivity index is 1.60. The molecule has 170 valence electrons. The highest BCUT2D eigenvalue weighted by Gasteiger charge is 2.35.